The third kappa shape index (κ3) is 1.38. The number of benzene rings is 1. The van der Waals surface area contributed by atoms with Gasteiger partial charge in [0.25, 0.3) is 0 Å². The molecule has 4 rings (SSSR count). The van der Waals surface area contributed by atoms with Gasteiger partial charge in [-0.3, -0.25) is 0 Å². The van der Waals surface area contributed by atoms with Gasteiger partial charge >= 0.3 is 0 Å². The lowest BCUT2D eigenvalue weighted by Crippen LogP contribution is -2.05. The van der Waals surface area contributed by atoms with Gasteiger partial charge in [0, 0.05) is 5.56 Å². The summed E-state index contributed by atoms with van der Waals surface area (Å²) in [5.41, 5.74) is 4.41. The third-order valence-electron chi connectivity index (χ3n) is 3.56. The van der Waals surface area contributed by atoms with Crippen LogP contribution in [0, 0.1) is 13.8 Å². The highest BCUT2D eigenvalue weighted by Crippen LogP contribution is 2.30. The van der Waals surface area contributed by atoms with E-state index in [4.69, 9.17) is 0 Å². The molecule has 0 fully saturated rings. The predicted molar refractivity (Wildman–Crippen MR) is 71.2 cm³/mol. The minimum absolute atomic E-state index is 0.705. The molecule has 0 saturated heterocycles. The summed E-state index contributed by atoms with van der Waals surface area (Å²) in [5.74, 6) is 1.73. The van der Waals surface area contributed by atoms with Crippen molar-refractivity contribution in [3.05, 3.63) is 47.8 Å². The first-order valence-corrected chi connectivity index (χ1v) is 6.28. The lowest BCUT2D eigenvalue weighted by Gasteiger charge is -2.07. The standard InChI is InChI=1S/C14H13N5/c1-9-13-7-19-14(16-10(2)17-19)11-5-3-4-6-12(11)18(13)8-15-9/h3-6,8H,7H2,1-2H3. The van der Waals surface area contributed by atoms with Crippen molar-refractivity contribution in [2.75, 3.05) is 0 Å². The Balaban J connectivity index is 2.12. The van der Waals surface area contributed by atoms with E-state index in [-0.39, 0.29) is 0 Å². The van der Waals surface area contributed by atoms with E-state index >= 15 is 0 Å². The van der Waals surface area contributed by atoms with Gasteiger partial charge in [-0.15, -0.1) is 0 Å². The van der Waals surface area contributed by atoms with E-state index in [0.717, 1.165) is 34.3 Å². The van der Waals surface area contributed by atoms with Crippen molar-refractivity contribution in [2.24, 2.45) is 0 Å². The van der Waals surface area contributed by atoms with Crippen LogP contribution in [0.25, 0.3) is 17.1 Å². The van der Waals surface area contributed by atoms with Crippen LogP contribution >= 0.6 is 0 Å². The van der Waals surface area contributed by atoms with Crippen molar-refractivity contribution in [3.63, 3.8) is 0 Å². The Hall–Kier alpha value is -2.43. The van der Waals surface area contributed by atoms with Crippen LogP contribution in [0.2, 0.25) is 0 Å². The van der Waals surface area contributed by atoms with Gasteiger partial charge in [-0.1, -0.05) is 12.1 Å². The first kappa shape index (κ1) is 10.5. The monoisotopic (exact) mass is 251 g/mol. The Labute approximate surface area is 110 Å². The molecule has 5 heteroatoms. The summed E-state index contributed by atoms with van der Waals surface area (Å²) in [5, 5.41) is 4.49. The number of nitrogens with zero attached hydrogens (tertiary/aromatic N) is 5. The van der Waals surface area contributed by atoms with E-state index in [1.807, 2.05) is 37.0 Å². The number of hydrogen-bond donors (Lipinski definition) is 0. The summed E-state index contributed by atoms with van der Waals surface area (Å²) in [6.07, 6.45) is 1.88. The van der Waals surface area contributed by atoms with E-state index in [0.29, 0.717) is 6.54 Å². The maximum atomic E-state index is 4.56. The second kappa shape index (κ2) is 3.54. The van der Waals surface area contributed by atoms with Gasteiger partial charge in [-0.2, -0.15) is 5.10 Å². The topological polar surface area (TPSA) is 48.5 Å². The Morgan fingerprint density at radius 3 is 2.89 bits per heavy atom. The van der Waals surface area contributed by atoms with Gasteiger partial charge in [-0.05, 0) is 26.0 Å². The maximum Gasteiger partial charge on any atom is 0.160 e. The van der Waals surface area contributed by atoms with E-state index in [2.05, 4.69) is 31.8 Å². The number of hydrogen-bond acceptors (Lipinski definition) is 3. The van der Waals surface area contributed by atoms with Crippen molar-refractivity contribution in [3.8, 4) is 17.1 Å². The Kier molecular flexibility index (Phi) is 1.95. The van der Waals surface area contributed by atoms with Gasteiger partial charge in [0.05, 0.1) is 29.9 Å². The molecule has 0 N–H and O–H groups in total. The molecule has 0 atom stereocenters. The number of para-hydroxylation sites is 1. The van der Waals surface area contributed by atoms with Crippen LogP contribution in [0.4, 0.5) is 0 Å². The molecule has 1 aromatic carbocycles. The molecule has 0 spiro atoms. The highest BCUT2D eigenvalue weighted by Gasteiger charge is 2.22. The van der Waals surface area contributed by atoms with Crippen molar-refractivity contribution < 1.29 is 0 Å². The molecule has 3 aromatic rings. The summed E-state index contributed by atoms with van der Waals surface area (Å²) in [4.78, 5) is 8.98. The van der Waals surface area contributed by atoms with Crippen molar-refractivity contribution in [1.82, 2.24) is 24.3 Å². The normalized spacial score (nSPS) is 12.5. The Bertz CT molecular complexity index is 766. The summed E-state index contributed by atoms with van der Waals surface area (Å²) < 4.78 is 4.10. The van der Waals surface area contributed by atoms with Crippen LogP contribution in [0.1, 0.15) is 17.2 Å². The minimum atomic E-state index is 0.705. The molecule has 0 bridgehead atoms. The number of aromatic nitrogens is 5. The third-order valence-corrected chi connectivity index (χ3v) is 3.56. The zero-order valence-electron chi connectivity index (χ0n) is 10.8. The molecule has 0 saturated carbocycles. The zero-order valence-corrected chi connectivity index (χ0v) is 10.8. The molecule has 0 unspecified atom stereocenters. The van der Waals surface area contributed by atoms with Crippen molar-refractivity contribution in [2.45, 2.75) is 20.4 Å². The van der Waals surface area contributed by atoms with Crippen LogP contribution in [-0.2, 0) is 6.54 Å². The highest BCUT2D eigenvalue weighted by molar-refractivity contribution is 5.69. The van der Waals surface area contributed by atoms with Gasteiger partial charge in [0.15, 0.2) is 5.82 Å². The lowest BCUT2D eigenvalue weighted by atomic mass is 10.1. The molecule has 0 radical (unpaired) electrons. The van der Waals surface area contributed by atoms with Crippen molar-refractivity contribution in [1.29, 1.82) is 0 Å². The summed E-state index contributed by atoms with van der Waals surface area (Å²) in [6, 6.07) is 8.25. The largest absolute Gasteiger partial charge is 0.300 e. The summed E-state index contributed by atoms with van der Waals surface area (Å²) >= 11 is 0. The number of aryl methyl sites for hydroxylation is 2. The first-order chi connectivity index (χ1) is 9.24. The molecule has 94 valence electrons. The fourth-order valence-corrected chi connectivity index (χ4v) is 2.64. The van der Waals surface area contributed by atoms with Gasteiger partial charge in [-0.25, -0.2) is 14.6 Å². The smallest absolute Gasteiger partial charge is 0.160 e. The number of fused-ring (bicyclic) bond motifs is 5. The van der Waals surface area contributed by atoms with E-state index < -0.39 is 0 Å². The zero-order chi connectivity index (χ0) is 13.0. The van der Waals surface area contributed by atoms with Crippen LogP contribution in [0.15, 0.2) is 30.6 Å². The molecule has 0 aliphatic carbocycles. The van der Waals surface area contributed by atoms with Crippen LogP contribution in [0.3, 0.4) is 0 Å². The molecule has 1 aliphatic heterocycles. The average molecular weight is 251 g/mol. The highest BCUT2D eigenvalue weighted by atomic mass is 15.4. The van der Waals surface area contributed by atoms with Gasteiger partial charge in [0.1, 0.15) is 5.82 Å². The fourth-order valence-electron chi connectivity index (χ4n) is 2.64. The number of imidazole rings is 1. The predicted octanol–water partition coefficient (Wildman–Crippen LogP) is 2.11. The quantitative estimate of drug-likeness (QED) is 0.481. The second-order valence-corrected chi connectivity index (χ2v) is 4.80. The van der Waals surface area contributed by atoms with Crippen LogP contribution in [0.5, 0.6) is 0 Å². The van der Waals surface area contributed by atoms with E-state index in [1.54, 1.807) is 0 Å². The van der Waals surface area contributed by atoms with Gasteiger partial charge in [0.2, 0.25) is 0 Å². The Morgan fingerprint density at radius 1 is 1.16 bits per heavy atom. The second-order valence-electron chi connectivity index (χ2n) is 4.80. The van der Waals surface area contributed by atoms with Crippen LogP contribution < -0.4 is 0 Å². The minimum Gasteiger partial charge on any atom is -0.300 e. The average Bonchev–Trinajstić information content (AvgIpc) is 2.91. The molecule has 0 amide bonds. The molecular weight excluding hydrogens is 238 g/mol. The molecule has 2 aromatic heterocycles. The number of rotatable bonds is 0. The SMILES string of the molecule is Cc1nc2n(n1)Cc1c(C)ncn1-c1ccccc1-2. The van der Waals surface area contributed by atoms with E-state index in [1.165, 1.54) is 0 Å². The van der Waals surface area contributed by atoms with Crippen molar-refractivity contribution >= 4 is 0 Å². The fraction of sp³-hybridized carbons (Fsp3) is 0.214. The van der Waals surface area contributed by atoms with E-state index in [9.17, 15) is 0 Å². The molecule has 5 nitrogen and oxygen atoms in total. The lowest BCUT2D eigenvalue weighted by molar-refractivity contribution is 0.668. The first-order valence-electron chi connectivity index (χ1n) is 6.28. The molecule has 3 heterocycles. The molecular formula is C14H13N5. The van der Waals surface area contributed by atoms with Gasteiger partial charge < -0.3 is 4.57 Å². The molecule has 1 aliphatic rings. The maximum absolute atomic E-state index is 4.56. The summed E-state index contributed by atoms with van der Waals surface area (Å²) in [6.45, 7) is 4.66. The molecule has 19 heavy (non-hydrogen) atoms. The van der Waals surface area contributed by atoms with Crippen LogP contribution in [-0.4, -0.2) is 24.3 Å². The Morgan fingerprint density at radius 2 is 2.00 bits per heavy atom. The summed E-state index contributed by atoms with van der Waals surface area (Å²) in [7, 11) is 0.